The number of carbonyl (C=O) groups is 1. The number of halogens is 3. The molecule has 1 saturated carbocycles. The van der Waals surface area contributed by atoms with Gasteiger partial charge in [-0.1, -0.05) is 6.92 Å². The molecular formula is C30H34F3N3O3. The molecule has 1 fully saturated rings. The fourth-order valence-electron chi connectivity index (χ4n) is 5.44. The van der Waals surface area contributed by atoms with Gasteiger partial charge in [0.1, 0.15) is 28.8 Å². The number of carbonyl (C=O) groups excluding carboxylic acids is 1. The third kappa shape index (κ3) is 6.05. The minimum absolute atomic E-state index is 0.00733. The molecule has 9 heteroatoms. The first kappa shape index (κ1) is 28.9. The van der Waals surface area contributed by atoms with E-state index in [2.05, 4.69) is 9.97 Å². The van der Waals surface area contributed by atoms with Crippen LogP contribution in [-0.2, 0) is 16.8 Å². The first-order valence-electron chi connectivity index (χ1n) is 13.1. The van der Waals surface area contributed by atoms with Crippen LogP contribution in [0, 0.1) is 23.4 Å². The van der Waals surface area contributed by atoms with E-state index in [9.17, 15) is 14.3 Å². The van der Waals surface area contributed by atoms with E-state index >= 15 is 8.78 Å². The van der Waals surface area contributed by atoms with Crippen LogP contribution in [0.15, 0.2) is 42.7 Å². The fraction of sp³-hybridized carbons (Fsp3) is 0.433. The fourth-order valence-corrected chi connectivity index (χ4v) is 5.44. The maximum Gasteiger partial charge on any atom is 0.185 e. The van der Waals surface area contributed by atoms with Crippen molar-refractivity contribution >= 4 is 5.78 Å². The molecule has 208 valence electrons. The van der Waals surface area contributed by atoms with Gasteiger partial charge in [-0.3, -0.25) is 9.78 Å². The molecule has 0 bridgehead atoms. The summed E-state index contributed by atoms with van der Waals surface area (Å²) in [6.07, 6.45) is 3.82. The Kier molecular flexibility index (Phi) is 8.54. The van der Waals surface area contributed by atoms with Gasteiger partial charge in [-0.2, -0.15) is 0 Å². The molecule has 1 aliphatic rings. The molecule has 1 aromatic carbocycles. The van der Waals surface area contributed by atoms with Gasteiger partial charge in [-0.25, -0.2) is 18.2 Å². The van der Waals surface area contributed by atoms with Crippen LogP contribution >= 0.6 is 0 Å². The Labute approximate surface area is 226 Å². The monoisotopic (exact) mass is 541 g/mol. The van der Waals surface area contributed by atoms with Crippen LogP contribution in [0.5, 0.6) is 0 Å². The molecule has 4 rings (SSSR count). The van der Waals surface area contributed by atoms with Gasteiger partial charge < -0.3 is 15.6 Å². The molecular weight excluding hydrogens is 507 g/mol. The van der Waals surface area contributed by atoms with Crippen LogP contribution in [0.2, 0.25) is 0 Å². The van der Waals surface area contributed by atoms with Crippen molar-refractivity contribution in [3.8, 4) is 11.3 Å². The third-order valence-electron chi connectivity index (χ3n) is 7.58. The molecule has 0 aliphatic heterocycles. The number of nitrogens with zero attached hydrogens (tertiary/aromatic N) is 2. The Morgan fingerprint density at radius 1 is 1.13 bits per heavy atom. The number of aromatic nitrogens is 2. The smallest absolute Gasteiger partial charge is 0.185 e. The highest BCUT2D eigenvalue weighted by molar-refractivity contribution is 5.96. The number of benzene rings is 1. The van der Waals surface area contributed by atoms with Crippen LogP contribution in [0.25, 0.3) is 11.3 Å². The van der Waals surface area contributed by atoms with Crippen molar-refractivity contribution in [1.82, 2.24) is 9.97 Å². The number of aliphatic hydroxyl groups is 1. The predicted molar refractivity (Wildman–Crippen MR) is 142 cm³/mol. The lowest BCUT2D eigenvalue weighted by Gasteiger charge is -2.36. The number of hydrogen-bond acceptors (Lipinski definition) is 6. The van der Waals surface area contributed by atoms with Gasteiger partial charge in [0.15, 0.2) is 5.78 Å². The van der Waals surface area contributed by atoms with Crippen LogP contribution in [0.4, 0.5) is 13.2 Å². The number of Topliss-reactive ketones (excluding diaryl/α,β-unsaturated/α-hetero) is 1. The molecule has 2 aromatic heterocycles. The molecule has 39 heavy (non-hydrogen) atoms. The normalized spacial score (nSPS) is 21.7. The molecule has 3 aromatic rings. The number of pyridine rings is 2. The van der Waals surface area contributed by atoms with Gasteiger partial charge in [0.05, 0.1) is 17.3 Å². The van der Waals surface area contributed by atoms with Crippen LogP contribution in [-0.4, -0.2) is 39.6 Å². The van der Waals surface area contributed by atoms with Gasteiger partial charge >= 0.3 is 0 Å². The molecule has 0 spiro atoms. The average Bonchev–Trinajstić information content (AvgIpc) is 2.87. The number of aliphatic hydroxyl groups excluding tert-OH is 1. The van der Waals surface area contributed by atoms with E-state index in [-0.39, 0.29) is 35.6 Å². The van der Waals surface area contributed by atoms with E-state index in [1.54, 1.807) is 33.2 Å². The summed E-state index contributed by atoms with van der Waals surface area (Å²) in [5, 5.41) is 10.2. The molecule has 6 nitrogen and oxygen atoms in total. The number of rotatable bonds is 8. The second-order valence-electron chi connectivity index (χ2n) is 10.8. The third-order valence-corrected chi connectivity index (χ3v) is 7.58. The number of ketones is 1. The highest BCUT2D eigenvalue weighted by Gasteiger charge is 2.34. The zero-order valence-corrected chi connectivity index (χ0v) is 22.5. The maximum absolute atomic E-state index is 15.2. The Morgan fingerprint density at radius 3 is 2.46 bits per heavy atom. The topological polar surface area (TPSA) is 98.3 Å². The molecule has 3 N–H and O–H groups in total. The summed E-state index contributed by atoms with van der Waals surface area (Å²) in [4.78, 5) is 21.5. The van der Waals surface area contributed by atoms with Crippen molar-refractivity contribution in [2.75, 3.05) is 6.61 Å². The number of ether oxygens (including phenoxy) is 1. The standard InChI is InChI=1S/C30H34F3N3O3/c1-5-39-30(3,4)19-13-22(32)27(23(33)14-19)28-21(31)6-7-25(36-28)26(37)12-18-15-35-9-8-20(18)17-10-16(2)29(38)24(34)11-17/h6-9,13-17,24,29,38H,5,10-12,34H2,1-4H3/t16-,17+,24+,29+/m0/s1. The second-order valence-corrected chi connectivity index (χ2v) is 10.8. The molecule has 0 unspecified atom stereocenters. The quantitative estimate of drug-likeness (QED) is 0.368. The average molecular weight is 542 g/mol. The summed E-state index contributed by atoms with van der Waals surface area (Å²) in [6.45, 7) is 7.41. The number of hydrogen-bond donors (Lipinski definition) is 2. The summed E-state index contributed by atoms with van der Waals surface area (Å²) in [5.41, 5.74) is 5.66. The summed E-state index contributed by atoms with van der Waals surface area (Å²) in [5.74, 6) is -3.39. The lowest BCUT2D eigenvalue weighted by molar-refractivity contribution is -0.0144. The highest BCUT2D eigenvalue weighted by atomic mass is 19.1. The Morgan fingerprint density at radius 2 is 1.82 bits per heavy atom. The molecule has 1 aliphatic carbocycles. The maximum atomic E-state index is 15.2. The first-order chi connectivity index (χ1) is 18.4. The van der Waals surface area contributed by atoms with Crippen molar-refractivity contribution in [3.05, 3.63) is 82.6 Å². The van der Waals surface area contributed by atoms with Gasteiger partial charge in [0.25, 0.3) is 0 Å². The minimum atomic E-state index is -1.01. The van der Waals surface area contributed by atoms with Gasteiger partial charge in [0, 0.05) is 31.5 Å². The molecule has 4 atom stereocenters. The van der Waals surface area contributed by atoms with E-state index in [0.717, 1.165) is 23.8 Å². The van der Waals surface area contributed by atoms with Crippen LogP contribution in [0.3, 0.4) is 0 Å². The van der Waals surface area contributed by atoms with Crippen molar-refractivity contribution in [3.63, 3.8) is 0 Å². The van der Waals surface area contributed by atoms with Crippen molar-refractivity contribution in [2.24, 2.45) is 11.7 Å². The summed E-state index contributed by atoms with van der Waals surface area (Å²) < 4.78 is 50.7. The first-order valence-corrected chi connectivity index (χ1v) is 13.1. The SMILES string of the molecule is CCOC(C)(C)c1cc(F)c(-c2nc(C(=O)Cc3cnccc3[C@H]3C[C@@H](N)[C@H](O)[C@@H](C)C3)ccc2F)c(F)c1. The summed E-state index contributed by atoms with van der Waals surface area (Å²) in [6, 6.07) is 5.84. The predicted octanol–water partition coefficient (Wildman–Crippen LogP) is 5.46. The second kappa shape index (κ2) is 11.5. The van der Waals surface area contributed by atoms with E-state index in [4.69, 9.17) is 10.5 Å². The Hall–Kier alpha value is -3.14. The zero-order valence-electron chi connectivity index (χ0n) is 22.5. The van der Waals surface area contributed by atoms with Crippen LogP contribution < -0.4 is 5.73 Å². The Bertz CT molecular complexity index is 1330. The molecule has 0 saturated heterocycles. The zero-order chi connectivity index (χ0) is 28.5. The summed E-state index contributed by atoms with van der Waals surface area (Å²) >= 11 is 0. The summed E-state index contributed by atoms with van der Waals surface area (Å²) in [7, 11) is 0. The van der Waals surface area contributed by atoms with Crippen molar-refractivity contribution < 1.29 is 27.8 Å². The van der Waals surface area contributed by atoms with Gasteiger partial charge in [-0.15, -0.1) is 0 Å². The van der Waals surface area contributed by atoms with E-state index in [0.29, 0.717) is 25.0 Å². The Balaban J connectivity index is 1.64. The lowest BCUT2D eigenvalue weighted by Crippen LogP contribution is -2.44. The van der Waals surface area contributed by atoms with E-state index < -0.39 is 46.2 Å². The van der Waals surface area contributed by atoms with Gasteiger partial charge in [0.2, 0.25) is 0 Å². The number of nitrogens with two attached hydrogens (primary N) is 1. The van der Waals surface area contributed by atoms with Crippen molar-refractivity contribution in [1.29, 1.82) is 0 Å². The van der Waals surface area contributed by atoms with Gasteiger partial charge in [-0.05, 0) is 92.5 Å². The molecule has 2 heterocycles. The molecule has 0 radical (unpaired) electrons. The highest BCUT2D eigenvalue weighted by Crippen LogP contribution is 2.37. The van der Waals surface area contributed by atoms with E-state index in [1.165, 1.54) is 6.07 Å². The van der Waals surface area contributed by atoms with Crippen molar-refractivity contribution in [2.45, 2.75) is 70.6 Å². The van der Waals surface area contributed by atoms with Crippen LogP contribution in [0.1, 0.15) is 73.6 Å². The molecule has 0 amide bonds. The minimum Gasteiger partial charge on any atom is -0.391 e. The largest absolute Gasteiger partial charge is 0.391 e. The lowest BCUT2D eigenvalue weighted by atomic mass is 9.74. The van der Waals surface area contributed by atoms with E-state index in [1.807, 2.05) is 13.0 Å².